The molecular formula is C19H24O2. The molecule has 3 aliphatic carbocycles. The van der Waals surface area contributed by atoms with E-state index in [-0.39, 0.29) is 0 Å². The number of hydrogen-bond acceptors (Lipinski definition) is 2. The Kier molecular flexibility index (Phi) is 2.54. The minimum Gasteiger partial charge on any atom is -0.493 e. The molecule has 0 radical (unpaired) electrons. The number of para-hydroxylation sites is 1. The smallest absolute Gasteiger partial charge is 0.128 e. The number of aryl methyl sites for hydroxylation is 1. The standard InChI is InChI=1S/C19H24O2/c20-19(11-13-10-17(19)15-7-2-6-14(13)15)16-8-1-4-12-5-3-9-21-18(12)16/h1,4,8,13-15,17,20H,2-3,5-7,9-11H2. The summed E-state index contributed by atoms with van der Waals surface area (Å²) in [6, 6.07) is 6.43. The predicted octanol–water partition coefficient (Wildman–Crippen LogP) is 3.66. The Morgan fingerprint density at radius 2 is 2.05 bits per heavy atom. The van der Waals surface area contributed by atoms with Crippen LogP contribution in [0.4, 0.5) is 0 Å². The fraction of sp³-hybridized carbons (Fsp3) is 0.684. The molecule has 2 nitrogen and oxygen atoms in total. The van der Waals surface area contributed by atoms with Crippen molar-refractivity contribution in [3.8, 4) is 5.75 Å². The van der Waals surface area contributed by atoms with Gasteiger partial charge in [-0.3, -0.25) is 0 Å². The lowest BCUT2D eigenvalue weighted by molar-refractivity contribution is -0.0532. The topological polar surface area (TPSA) is 29.5 Å². The van der Waals surface area contributed by atoms with Gasteiger partial charge in [0, 0.05) is 5.56 Å². The second kappa shape index (κ2) is 4.25. The Morgan fingerprint density at radius 3 is 3.00 bits per heavy atom. The summed E-state index contributed by atoms with van der Waals surface area (Å²) in [5, 5.41) is 11.6. The molecule has 1 aromatic rings. The van der Waals surface area contributed by atoms with Crippen LogP contribution in [0.2, 0.25) is 0 Å². The highest BCUT2D eigenvalue weighted by Gasteiger charge is 2.61. The second-order valence-electron chi connectivity index (χ2n) is 7.74. The number of hydrogen-bond donors (Lipinski definition) is 1. The zero-order valence-electron chi connectivity index (χ0n) is 12.6. The van der Waals surface area contributed by atoms with Crippen LogP contribution in [0.1, 0.15) is 49.7 Å². The largest absolute Gasteiger partial charge is 0.493 e. The van der Waals surface area contributed by atoms with Gasteiger partial charge in [-0.2, -0.15) is 0 Å². The lowest BCUT2D eigenvalue weighted by Crippen LogP contribution is -2.39. The van der Waals surface area contributed by atoms with Crippen LogP contribution < -0.4 is 4.74 Å². The molecule has 0 amide bonds. The zero-order valence-corrected chi connectivity index (χ0v) is 12.6. The summed E-state index contributed by atoms with van der Waals surface area (Å²) in [6.45, 7) is 0.806. The molecule has 5 unspecified atom stereocenters. The Hall–Kier alpha value is -1.02. The van der Waals surface area contributed by atoms with Crippen molar-refractivity contribution >= 4 is 0 Å². The van der Waals surface area contributed by atoms with Crippen LogP contribution in [-0.2, 0) is 12.0 Å². The summed E-state index contributed by atoms with van der Waals surface area (Å²) >= 11 is 0. The number of fused-ring (bicyclic) bond motifs is 6. The van der Waals surface area contributed by atoms with Gasteiger partial charge in [-0.1, -0.05) is 24.6 Å². The van der Waals surface area contributed by atoms with E-state index in [2.05, 4.69) is 18.2 Å². The molecule has 0 saturated heterocycles. The van der Waals surface area contributed by atoms with Crippen molar-refractivity contribution in [1.29, 1.82) is 0 Å². The van der Waals surface area contributed by atoms with Gasteiger partial charge in [-0.05, 0) is 67.8 Å². The van der Waals surface area contributed by atoms with Crippen molar-refractivity contribution in [2.24, 2.45) is 23.7 Å². The van der Waals surface area contributed by atoms with E-state index in [0.717, 1.165) is 54.9 Å². The molecule has 1 aromatic carbocycles. The highest BCUT2D eigenvalue weighted by atomic mass is 16.5. The molecule has 4 aliphatic rings. The summed E-state index contributed by atoms with van der Waals surface area (Å²) in [5.41, 5.74) is 1.80. The molecule has 5 rings (SSSR count). The normalized spacial score (nSPS) is 43.5. The number of aliphatic hydroxyl groups is 1. The maximum atomic E-state index is 11.6. The third-order valence-electron chi connectivity index (χ3n) is 6.89. The first-order valence-electron chi connectivity index (χ1n) is 8.75. The third kappa shape index (κ3) is 1.57. The van der Waals surface area contributed by atoms with E-state index in [0.29, 0.717) is 5.92 Å². The minimum absolute atomic E-state index is 0.479. The summed E-state index contributed by atoms with van der Waals surface area (Å²) < 4.78 is 5.99. The van der Waals surface area contributed by atoms with Crippen molar-refractivity contribution in [3.63, 3.8) is 0 Å². The van der Waals surface area contributed by atoms with Crippen LogP contribution in [0.15, 0.2) is 18.2 Å². The van der Waals surface area contributed by atoms with E-state index in [4.69, 9.17) is 4.74 Å². The van der Waals surface area contributed by atoms with Crippen molar-refractivity contribution in [3.05, 3.63) is 29.3 Å². The van der Waals surface area contributed by atoms with Gasteiger partial charge in [0.25, 0.3) is 0 Å². The van der Waals surface area contributed by atoms with E-state index < -0.39 is 5.60 Å². The quantitative estimate of drug-likeness (QED) is 0.853. The summed E-state index contributed by atoms with van der Waals surface area (Å²) in [7, 11) is 0. The fourth-order valence-electron chi connectivity index (χ4n) is 6.15. The number of rotatable bonds is 1. The van der Waals surface area contributed by atoms with E-state index in [1.165, 1.54) is 31.2 Å². The molecule has 1 heterocycles. The van der Waals surface area contributed by atoms with E-state index in [9.17, 15) is 5.11 Å². The van der Waals surface area contributed by atoms with Gasteiger partial charge in [0.05, 0.1) is 12.2 Å². The van der Waals surface area contributed by atoms with E-state index in [1.807, 2.05) is 0 Å². The lowest BCUT2D eigenvalue weighted by atomic mass is 9.69. The van der Waals surface area contributed by atoms with Crippen LogP contribution in [0.3, 0.4) is 0 Å². The summed E-state index contributed by atoms with van der Waals surface area (Å²) in [6.07, 6.45) is 8.54. The maximum absolute atomic E-state index is 11.6. The molecule has 1 N–H and O–H groups in total. The fourth-order valence-corrected chi connectivity index (χ4v) is 6.15. The van der Waals surface area contributed by atoms with Gasteiger partial charge in [0.1, 0.15) is 5.75 Å². The molecule has 0 spiro atoms. The highest BCUT2D eigenvalue weighted by molar-refractivity contribution is 5.47. The van der Waals surface area contributed by atoms with E-state index >= 15 is 0 Å². The Bertz CT molecular complexity index is 581. The molecule has 1 aliphatic heterocycles. The first-order valence-corrected chi connectivity index (χ1v) is 8.75. The molecule has 2 bridgehead atoms. The second-order valence-corrected chi connectivity index (χ2v) is 7.74. The Labute approximate surface area is 126 Å². The van der Waals surface area contributed by atoms with Crippen LogP contribution in [0.25, 0.3) is 0 Å². The molecule has 112 valence electrons. The van der Waals surface area contributed by atoms with Crippen LogP contribution in [0, 0.1) is 23.7 Å². The summed E-state index contributed by atoms with van der Waals surface area (Å²) in [5.74, 6) is 3.94. The SMILES string of the molecule is OC1(c2cccc3c2OCCC3)CC2CC1C1CCCC21. The average Bonchev–Trinajstić information content (AvgIpc) is 3.18. The molecule has 3 saturated carbocycles. The average molecular weight is 284 g/mol. The maximum Gasteiger partial charge on any atom is 0.128 e. The van der Waals surface area contributed by atoms with Crippen molar-refractivity contribution < 1.29 is 9.84 Å². The van der Waals surface area contributed by atoms with Gasteiger partial charge < -0.3 is 9.84 Å². The first-order chi connectivity index (χ1) is 10.3. The first kappa shape index (κ1) is 12.5. The molecule has 21 heavy (non-hydrogen) atoms. The monoisotopic (exact) mass is 284 g/mol. The Morgan fingerprint density at radius 1 is 1.14 bits per heavy atom. The van der Waals surface area contributed by atoms with Crippen LogP contribution in [0.5, 0.6) is 5.75 Å². The molecular weight excluding hydrogens is 260 g/mol. The van der Waals surface area contributed by atoms with Gasteiger partial charge in [-0.15, -0.1) is 0 Å². The predicted molar refractivity (Wildman–Crippen MR) is 81.2 cm³/mol. The van der Waals surface area contributed by atoms with Gasteiger partial charge in [0.15, 0.2) is 0 Å². The number of ether oxygens (including phenoxy) is 1. The zero-order chi connectivity index (χ0) is 14.0. The van der Waals surface area contributed by atoms with E-state index in [1.54, 1.807) is 0 Å². The minimum atomic E-state index is -0.612. The molecule has 2 heteroatoms. The van der Waals surface area contributed by atoms with Gasteiger partial charge in [0.2, 0.25) is 0 Å². The van der Waals surface area contributed by atoms with Crippen molar-refractivity contribution in [2.75, 3.05) is 6.61 Å². The van der Waals surface area contributed by atoms with Crippen LogP contribution >= 0.6 is 0 Å². The molecule has 3 fully saturated rings. The lowest BCUT2D eigenvalue weighted by Gasteiger charge is -2.40. The van der Waals surface area contributed by atoms with Gasteiger partial charge in [-0.25, -0.2) is 0 Å². The molecule has 5 atom stereocenters. The summed E-state index contributed by atoms with van der Waals surface area (Å²) in [4.78, 5) is 0. The third-order valence-corrected chi connectivity index (χ3v) is 6.89. The highest BCUT2D eigenvalue weighted by Crippen LogP contribution is 2.66. The van der Waals surface area contributed by atoms with Crippen LogP contribution in [-0.4, -0.2) is 11.7 Å². The number of benzene rings is 1. The van der Waals surface area contributed by atoms with Crippen molar-refractivity contribution in [1.82, 2.24) is 0 Å². The molecule has 0 aromatic heterocycles. The van der Waals surface area contributed by atoms with Crippen molar-refractivity contribution in [2.45, 2.75) is 50.5 Å². The Balaban J connectivity index is 1.59. The van der Waals surface area contributed by atoms with Gasteiger partial charge >= 0.3 is 0 Å².